The lowest BCUT2D eigenvalue weighted by atomic mass is 10.2. The minimum Gasteiger partial charge on any atom is -0.369 e. The van der Waals surface area contributed by atoms with Crippen molar-refractivity contribution in [3.63, 3.8) is 0 Å². The predicted molar refractivity (Wildman–Crippen MR) is 101 cm³/mol. The summed E-state index contributed by atoms with van der Waals surface area (Å²) in [6.07, 6.45) is 1.41. The standard InChI is InChI=1S/C16H18N4O4S2/c1-11(15(22)19-16-18-13(10-25-16)9-14(17)21)20-26(23,24)8-7-12-5-3-2-4-6-12/h2-8,10-11,20H,9H2,1H3,(H2,17,21)(H,18,19,22). The molecule has 4 N–H and O–H groups in total. The summed E-state index contributed by atoms with van der Waals surface area (Å²) in [5.74, 6) is -1.10. The zero-order valence-corrected chi connectivity index (χ0v) is 15.5. The molecule has 0 saturated heterocycles. The first kappa shape index (κ1) is 19.8. The van der Waals surface area contributed by atoms with Crippen LogP contribution in [0, 0.1) is 0 Å². The van der Waals surface area contributed by atoms with Crippen LogP contribution in [0.2, 0.25) is 0 Å². The monoisotopic (exact) mass is 394 g/mol. The van der Waals surface area contributed by atoms with Gasteiger partial charge in [-0.05, 0) is 18.6 Å². The van der Waals surface area contributed by atoms with Crippen LogP contribution in [0.4, 0.5) is 5.13 Å². The number of carbonyl (C=O) groups is 2. The van der Waals surface area contributed by atoms with Crippen LogP contribution in [-0.4, -0.2) is 31.3 Å². The lowest BCUT2D eigenvalue weighted by molar-refractivity contribution is -0.118. The zero-order valence-electron chi connectivity index (χ0n) is 13.9. The summed E-state index contributed by atoms with van der Waals surface area (Å²) in [6, 6.07) is 7.91. The molecule has 1 aromatic carbocycles. The highest BCUT2D eigenvalue weighted by molar-refractivity contribution is 7.92. The summed E-state index contributed by atoms with van der Waals surface area (Å²) in [4.78, 5) is 27.0. The van der Waals surface area contributed by atoms with E-state index in [9.17, 15) is 18.0 Å². The molecule has 0 fully saturated rings. The molecule has 2 rings (SSSR count). The summed E-state index contributed by atoms with van der Waals surface area (Å²) in [5.41, 5.74) is 6.24. The van der Waals surface area contributed by atoms with Gasteiger partial charge in [0, 0.05) is 10.8 Å². The van der Waals surface area contributed by atoms with Crippen molar-refractivity contribution in [2.24, 2.45) is 5.73 Å². The Hall–Kier alpha value is -2.56. The molecule has 1 heterocycles. The van der Waals surface area contributed by atoms with E-state index in [1.54, 1.807) is 29.6 Å². The van der Waals surface area contributed by atoms with Crippen molar-refractivity contribution in [3.05, 3.63) is 52.4 Å². The second-order valence-corrected chi connectivity index (χ2v) is 7.83. The number of rotatable bonds is 8. The van der Waals surface area contributed by atoms with Crippen LogP contribution < -0.4 is 15.8 Å². The summed E-state index contributed by atoms with van der Waals surface area (Å²) < 4.78 is 26.4. The number of benzene rings is 1. The second kappa shape index (κ2) is 8.70. The molecule has 1 atom stereocenters. The number of amides is 2. The number of nitrogens with one attached hydrogen (secondary N) is 2. The maximum atomic E-state index is 12.1. The number of anilines is 1. The molecule has 2 amide bonds. The van der Waals surface area contributed by atoms with E-state index in [-0.39, 0.29) is 11.6 Å². The van der Waals surface area contributed by atoms with Crippen LogP contribution >= 0.6 is 11.3 Å². The Bertz CT molecular complexity index is 907. The smallest absolute Gasteiger partial charge is 0.244 e. The molecular formula is C16H18N4O4S2. The Kier molecular flexibility index (Phi) is 6.61. The molecule has 10 heteroatoms. The highest BCUT2D eigenvalue weighted by atomic mass is 32.2. The molecule has 26 heavy (non-hydrogen) atoms. The second-order valence-electron chi connectivity index (χ2n) is 5.37. The number of sulfonamides is 1. The van der Waals surface area contributed by atoms with Gasteiger partial charge in [-0.25, -0.2) is 13.4 Å². The Morgan fingerprint density at radius 2 is 2.00 bits per heavy atom. The van der Waals surface area contributed by atoms with Crippen LogP contribution in [0.5, 0.6) is 0 Å². The molecule has 138 valence electrons. The fourth-order valence-corrected chi connectivity index (χ4v) is 3.64. The minimum atomic E-state index is -3.80. The van der Waals surface area contributed by atoms with Crippen molar-refractivity contribution < 1.29 is 18.0 Å². The van der Waals surface area contributed by atoms with Gasteiger partial charge in [-0.2, -0.15) is 4.72 Å². The maximum Gasteiger partial charge on any atom is 0.244 e. The van der Waals surface area contributed by atoms with Gasteiger partial charge >= 0.3 is 0 Å². The van der Waals surface area contributed by atoms with Gasteiger partial charge in [0.15, 0.2) is 5.13 Å². The highest BCUT2D eigenvalue weighted by Gasteiger charge is 2.19. The van der Waals surface area contributed by atoms with E-state index in [1.807, 2.05) is 6.07 Å². The van der Waals surface area contributed by atoms with E-state index in [1.165, 1.54) is 13.0 Å². The fraction of sp³-hybridized carbons (Fsp3) is 0.188. The van der Waals surface area contributed by atoms with E-state index in [0.717, 1.165) is 22.3 Å². The number of aromatic nitrogens is 1. The number of hydrogen-bond acceptors (Lipinski definition) is 6. The molecule has 2 aromatic rings. The van der Waals surface area contributed by atoms with Crippen molar-refractivity contribution in [1.82, 2.24) is 9.71 Å². The number of hydrogen-bond donors (Lipinski definition) is 3. The number of carbonyl (C=O) groups excluding carboxylic acids is 2. The van der Waals surface area contributed by atoms with E-state index in [0.29, 0.717) is 5.69 Å². The molecule has 0 radical (unpaired) electrons. The van der Waals surface area contributed by atoms with Crippen molar-refractivity contribution in [2.45, 2.75) is 19.4 Å². The number of thiazole rings is 1. The van der Waals surface area contributed by atoms with Gasteiger partial charge in [0.05, 0.1) is 18.2 Å². The minimum absolute atomic E-state index is 0.0289. The molecule has 1 unspecified atom stereocenters. The normalized spacial score (nSPS) is 12.8. The summed E-state index contributed by atoms with van der Waals surface area (Å²) in [6.45, 7) is 1.42. The van der Waals surface area contributed by atoms with Gasteiger partial charge in [0.1, 0.15) is 0 Å². The van der Waals surface area contributed by atoms with E-state index < -0.39 is 27.9 Å². The van der Waals surface area contributed by atoms with Crippen molar-refractivity contribution in [1.29, 1.82) is 0 Å². The third kappa shape index (κ3) is 6.39. The number of nitrogens with two attached hydrogens (primary N) is 1. The van der Waals surface area contributed by atoms with Crippen molar-refractivity contribution in [3.8, 4) is 0 Å². The zero-order chi connectivity index (χ0) is 19.2. The molecule has 0 aliphatic heterocycles. The highest BCUT2D eigenvalue weighted by Crippen LogP contribution is 2.16. The maximum absolute atomic E-state index is 12.1. The molecule has 0 saturated carbocycles. The van der Waals surface area contributed by atoms with Crippen LogP contribution in [0.15, 0.2) is 41.1 Å². The lowest BCUT2D eigenvalue weighted by Crippen LogP contribution is -2.40. The van der Waals surface area contributed by atoms with Crippen molar-refractivity contribution >= 4 is 44.4 Å². The number of nitrogens with zero attached hydrogens (tertiary/aromatic N) is 1. The van der Waals surface area contributed by atoms with Gasteiger partial charge in [-0.15, -0.1) is 11.3 Å². The van der Waals surface area contributed by atoms with Gasteiger partial charge in [-0.3, -0.25) is 9.59 Å². The molecule has 8 nitrogen and oxygen atoms in total. The van der Waals surface area contributed by atoms with E-state index in [2.05, 4.69) is 15.0 Å². The molecule has 0 spiro atoms. The van der Waals surface area contributed by atoms with Gasteiger partial charge in [-0.1, -0.05) is 30.3 Å². The summed E-state index contributed by atoms with van der Waals surface area (Å²) in [7, 11) is -3.80. The summed E-state index contributed by atoms with van der Waals surface area (Å²) in [5, 5.41) is 5.35. The quantitative estimate of drug-likeness (QED) is 0.617. The predicted octanol–water partition coefficient (Wildman–Crippen LogP) is 1.09. The average Bonchev–Trinajstić information content (AvgIpc) is 2.99. The Morgan fingerprint density at radius 1 is 1.31 bits per heavy atom. The van der Waals surface area contributed by atoms with Gasteiger partial charge in [0.25, 0.3) is 0 Å². The summed E-state index contributed by atoms with van der Waals surface area (Å²) >= 11 is 1.12. The first-order valence-corrected chi connectivity index (χ1v) is 9.97. The Labute approximate surface area is 155 Å². The van der Waals surface area contributed by atoms with E-state index >= 15 is 0 Å². The van der Waals surface area contributed by atoms with Crippen LogP contribution in [-0.2, 0) is 26.0 Å². The molecule has 1 aromatic heterocycles. The van der Waals surface area contributed by atoms with Crippen LogP contribution in [0.25, 0.3) is 6.08 Å². The average molecular weight is 394 g/mol. The first-order valence-electron chi connectivity index (χ1n) is 7.54. The van der Waals surface area contributed by atoms with Gasteiger partial charge in [0.2, 0.25) is 21.8 Å². The van der Waals surface area contributed by atoms with Crippen molar-refractivity contribution in [2.75, 3.05) is 5.32 Å². The van der Waals surface area contributed by atoms with Crippen LogP contribution in [0.1, 0.15) is 18.2 Å². The van der Waals surface area contributed by atoms with E-state index in [4.69, 9.17) is 5.73 Å². The topological polar surface area (TPSA) is 131 Å². The molecule has 0 aliphatic carbocycles. The largest absolute Gasteiger partial charge is 0.369 e. The SMILES string of the molecule is CC(NS(=O)(=O)C=Cc1ccccc1)C(=O)Nc1nc(CC(N)=O)cs1. The molecule has 0 bridgehead atoms. The number of primary amides is 1. The van der Waals surface area contributed by atoms with Crippen LogP contribution in [0.3, 0.4) is 0 Å². The first-order chi connectivity index (χ1) is 12.2. The molecule has 0 aliphatic rings. The Morgan fingerprint density at radius 3 is 2.65 bits per heavy atom. The Balaban J connectivity index is 1.94. The van der Waals surface area contributed by atoms with Gasteiger partial charge < -0.3 is 11.1 Å². The lowest BCUT2D eigenvalue weighted by Gasteiger charge is -2.11. The molecular weight excluding hydrogens is 376 g/mol. The third-order valence-electron chi connectivity index (χ3n) is 3.11. The third-order valence-corrected chi connectivity index (χ3v) is 5.09. The fourth-order valence-electron chi connectivity index (χ4n) is 1.91.